The van der Waals surface area contributed by atoms with Crippen LogP contribution in [-0.4, -0.2) is 36.7 Å². The van der Waals surface area contributed by atoms with Gasteiger partial charge in [0.15, 0.2) is 5.13 Å². The standard InChI is InChI=1S/C20H15F3N8O2S2/c1-10-6-25-14(4-11(10)20(21,22)23)30-18(33)13-7-26-16(35-13)8-27-17(32)12-5-15(29-9-28-12)31-19-24-2-3-34-19/h2-7,9H,8H2,1H3,(H,27,32)(H,25,30,33)(H,24,28,29,31). The molecule has 0 saturated carbocycles. The van der Waals surface area contributed by atoms with Crippen LogP contribution in [0.15, 0.2) is 42.4 Å². The third-order valence-electron chi connectivity index (χ3n) is 4.39. The number of aryl methyl sites for hydroxylation is 1. The van der Waals surface area contributed by atoms with E-state index in [1.165, 1.54) is 36.9 Å². The Morgan fingerprint density at radius 2 is 1.83 bits per heavy atom. The SMILES string of the molecule is Cc1cnc(NC(=O)c2cnc(CNC(=O)c3cc(Nc4nccs4)ncn3)s2)cc1C(F)(F)F. The molecule has 0 aromatic carbocycles. The van der Waals surface area contributed by atoms with Crippen LogP contribution in [0.25, 0.3) is 0 Å². The molecular formula is C20H15F3N8O2S2. The number of carbonyl (C=O) groups excluding carboxylic acids is 2. The van der Waals surface area contributed by atoms with Crippen LogP contribution >= 0.6 is 22.7 Å². The molecule has 15 heteroatoms. The maximum atomic E-state index is 13.1. The molecule has 0 aliphatic heterocycles. The Hall–Kier alpha value is -3.98. The van der Waals surface area contributed by atoms with Gasteiger partial charge in [0.2, 0.25) is 0 Å². The fourth-order valence-electron chi connectivity index (χ4n) is 2.76. The normalized spacial score (nSPS) is 11.2. The highest BCUT2D eigenvalue weighted by Crippen LogP contribution is 2.32. The molecule has 0 bridgehead atoms. The Morgan fingerprint density at radius 1 is 1.00 bits per heavy atom. The van der Waals surface area contributed by atoms with E-state index in [0.29, 0.717) is 16.0 Å². The van der Waals surface area contributed by atoms with Crippen LogP contribution in [0.4, 0.5) is 29.9 Å². The Bertz CT molecular complexity index is 1360. The summed E-state index contributed by atoms with van der Waals surface area (Å²) >= 11 is 2.35. The van der Waals surface area contributed by atoms with Crippen LogP contribution < -0.4 is 16.0 Å². The van der Waals surface area contributed by atoms with E-state index >= 15 is 0 Å². The predicted octanol–water partition coefficient (Wildman–Crippen LogP) is 4.04. The topological polar surface area (TPSA) is 135 Å². The Kier molecular flexibility index (Phi) is 6.97. The summed E-state index contributed by atoms with van der Waals surface area (Å²) in [6.45, 7) is 1.29. The van der Waals surface area contributed by atoms with Gasteiger partial charge in [0.05, 0.1) is 18.3 Å². The Balaban J connectivity index is 1.35. The molecule has 0 saturated heterocycles. The van der Waals surface area contributed by atoms with Gasteiger partial charge in [-0.2, -0.15) is 13.2 Å². The van der Waals surface area contributed by atoms with Gasteiger partial charge >= 0.3 is 6.18 Å². The van der Waals surface area contributed by atoms with Gasteiger partial charge in [-0.3, -0.25) is 9.59 Å². The summed E-state index contributed by atoms with van der Waals surface area (Å²) in [7, 11) is 0. The minimum atomic E-state index is -4.57. The van der Waals surface area contributed by atoms with Gasteiger partial charge in [-0.05, 0) is 18.6 Å². The number of halogens is 3. The molecular weight excluding hydrogens is 505 g/mol. The first-order valence-electron chi connectivity index (χ1n) is 9.75. The van der Waals surface area contributed by atoms with E-state index in [-0.39, 0.29) is 28.5 Å². The number of aromatic nitrogens is 5. The van der Waals surface area contributed by atoms with Crippen molar-refractivity contribution in [2.75, 3.05) is 10.6 Å². The van der Waals surface area contributed by atoms with Crippen molar-refractivity contribution < 1.29 is 22.8 Å². The second-order valence-corrected chi connectivity index (χ2v) is 8.90. The average molecular weight is 521 g/mol. The lowest BCUT2D eigenvalue weighted by molar-refractivity contribution is -0.138. The van der Waals surface area contributed by atoms with Crippen molar-refractivity contribution in [1.29, 1.82) is 0 Å². The smallest absolute Gasteiger partial charge is 0.344 e. The molecule has 180 valence electrons. The summed E-state index contributed by atoms with van der Waals surface area (Å²) in [5.74, 6) is -0.994. The van der Waals surface area contributed by atoms with Crippen molar-refractivity contribution in [3.05, 3.63) is 69.1 Å². The number of pyridine rings is 1. The summed E-state index contributed by atoms with van der Waals surface area (Å²) in [5.41, 5.74) is -0.828. The number of rotatable bonds is 7. The average Bonchev–Trinajstić information content (AvgIpc) is 3.50. The van der Waals surface area contributed by atoms with E-state index in [4.69, 9.17) is 0 Å². The number of nitrogens with one attached hydrogen (secondary N) is 3. The van der Waals surface area contributed by atoms with Gasteiger partial charge in [0.1, 0.15) is 33.5 Å². The van der Waals surface area contributed by atoms with E-state index in [9.17, 15) is 22.8 Å². The molecule has 0 aliphatic rings. The van der Waals surface area contributed by atoms with Gasteiger partial charge in [-0.15, -0.1) is 22.7 Å². The maximum Gasteiger partial charge on any atom is 0.416 e. The molecule has 4 aromatic rings. The maximum absolute atomic E-state index is 13.1. The highest BCUT2D eigenvalue weighted by Gasteiger charge is 2.33. The number of anilines is 3. The molecule has 2 amide bonds. The molecule has 0 fully saturated rings. The van der Waals surface area contributed by atoms with Gasteiger partial charge in [0, 0.05) is 23.8 Å². The molecule has 35 heavy (non-hydrogen) atoms. The van der Waals surface area contributed by atoms with Crippen LogP contribution in [0.3, 0.4) is 0 Å². The molecule has 0 spiro atoms. The summed E-state index contributed by atoms with van der Waals surface area (Å²) in [5, 5.41) is 10.7. The van der Waals surface area contributed by atoms with E-state index in [1.807, 2.05) is 0 Å². The molecule has 10 nitrogen and oxygen atoms in total. The third kappa shape index (κ3) is 6.13. The second-order valence-electron chi connectivity index (χ2n) is 6.89. The zero-order chi connectivity index (χ0) is 25.0. The lowest BCUT2D eigenvalue weighted by Crippen LogP contribution is -2.24. The predicted molar refractivity (Wildman–Crippen MR) is 123 cm³/mol. The highest BCUT2D eigenvalue weighted by atomic mass is 32.1. The summed E-state index contributed by atoms with van der Waals surface area (Å²) in [6, 6.07) is 2.23. The van der Waals surface area contributed by atoms with Crippen molar-refractivity contribution in [3.63, 3.8) is 0 Å². The van der Waals surface area contributed by atoms with E-state index < -0.39 is 23.6 Å². The second kappa shape index (κ2) is 10.1. The zero-order valence-corrected chi connectivity index (χ0v) is 19.4. The molecule has 4 aromatic heterocycles. The molecule has 4 heterocycles. The van der Waals surface area contributed by atoms with E-state index in [2.05, 4.69) is 40.9 Å². The molecule has 0 aliphatic carbocycles. The summed E-state index contributed by atoms with van der Waals surface area (Å²) in [4.78, 5) is 45.0. The van der Waals surface area contributed by atoms with Crippen molar-refractivity contribution in [1.82, 2.24) is 30.2 Å². The minimum absolute atomic E-state index is 0.0109. The van der Waals surface area contributed by atoms with Crippen LogP contribution in [0.2, 0.25) is 0 Å². The number of thiazole rings is 2. The fourth-order valence-corrected chi connectivity index (χ4v) is 4.05. The number of carbonyl (C=O) groups is 2. The Morgan fingerprint density at radius 3 is 2.57 bits per heavy atom. The van der Waals surface area contributed by atoms with Gasteiger partial charge < -0.3 is 16.0 Å². The van der Waals surface area contributed by atoms with Crippen LogP contribution in [0.5, 0.6) is 0 Å². The molecule has 4 rings (SSSR count). The number of amides is 2. The molecule has 0 atom stereocenters. The quantitative estimate of drug-likeness (QED) is 0.332. The Labute approximate surface area is 203 Å². The number of alkyl halides is 3. The van der Waals surface area contributed by atoms with Crippen molar-refractivity contribution in [2.24, 2.45) is 0 Å². The van der Waals surface area contributed by atoms with Gasteiger partial charge in [-0.25, -0.2) is 24.9 Å². The summed E-state index contributed by atoms with van der Waals surface area (Å²) < 4.78 is 39.2. The first-order valence-corrected chi connectivity index (χ1v) is 11.5. The molecule has 0 unspecified atom stereocenters. The fraction of sp³-hybridized carbons (Fsp3) is 0.150. The lowest BCUT2D eigenvalue weighted by atomic mass is 10.1. The zero-order valence-electron chi connectivity index (χ0n) is 17.8. The van der Waals surface area contributed by atoms with Crippen LogP contribution in [0.1, 0.15) is 36.3 Å². The molecule has 3 N–H and O–H groups in total. The minimum Gasteiger partial charge on any atom is -0.344 e. The monoisotopic (exact) mass is 520 g/mol. The first kappa shape index (κ1) is 24.2. The number of nitrogens with zero attached hydrogens (tertiary/aromatic N) is 5. The first-order chi connectivity index (χ1) is 16.7. The largest absolute Gasteiger partial charge is 0.416 e. The summed E-state index contributed by atoms with van der Waals surface area (Å²) in [6.07, 6.45) is 0.601. The van der Waals surface area contributed by atoms with Crippen LogP contribution in [0, 0.1) is 6.92 Å². The van der Waals surface area contributed by atoms with Crippen molar-refractivity contribution in [3.8, 4) is 0 Å². The van der Waals surface area contributed by atoms with Gasteiger partial charge in [0.25, 0.3) is 11.8 Å². The molecule has 0 radical (unpaired) electrons. The van der Waals surface area contributed by atoms with E-state index in [1.54, 1.807) is 11.6 Å². The highest BCUT2D eigenvalue weighted by molar-refractivity contribution is 7.14. The number of hydrogen-bond donors (Lipinski definition) is 3. The van der Waals surface area contributed by atoms with Crippen molar-refractivity contribution >= 4 is 51.3 Å². The lowest BCUT2D eigenvalue weighted by Gasteiger charge is -2.11. The number of hydrogen-bond acceptors (Lipinski definition) is 10. The van der Waals surface area contributed by atoms with Crippen molar-refractivity contribution in [2.45, 2.75) is 19.6 Å². The van der Waals surface area contributed by atoms with Gasteiger partial charge in [-0.1, -0.05) is 0 Å². The van der Waals surface area contributed by atoms with Crippen LogP contribution in [-0.2, 0) is 12.7 Å². The third-order valence-corrected chi connectivity index (χ3v) is 6.08. The van der Waals surface area contributed by atoms with E-state index in [0.717, 1.165) is 23.6 Å².